The molecule has 5 rings (SSSR count). The molecule has 6 nitrogen and oxygen atoms in total. The molecule has 4 heterocycles. The zero-order valence-corrected chi connectivity index (χ0v) is 18.6. The first-order valence-electron chi connectivity index (χ1n) is 11.1. The van der Waals surface area contributed by atoms with Crippen LogP contribution in [0.4, 0.5) is 5.13 Å². The molecule has 1 saturated carbocycles. The lowest BCUT2D eigenvalue weighted by atomic mass is 9.95. The van der Waals surface area contributed by atoms with Crippen molar-refractivity contribution in [3.05, 3.63) is 41.3 Å². The van der Waals surface area contributed by atoms with Crippen molar-refractivity contribution in [2.75, 3.05) is 31.1 Å². The number of anilines is 1. The van der Waals surface area contributed by atoms with E-state index in [1.807, 2.05) is 23.2 Å². The summed E-state index contributed by atoms with van der Waals surface area (Å²) >= 11 is 1.63. The molecule has 7 heteroatoms. The summed E-state index contributed by atoms with van der Waals surface area (Å²) in [7, 11) is 0. The van der Waals surface area contributed by atoms with Crippen LogP contribution >= 0.6 is 11.3 Å². The number of nitrogens with zero attached hydrogens (tertiary/aromatic N) is 5. The fourth-order valence-corrected chi connectivity index (χ4v) is 6.02. The molecule has 0 aromatic carbocycles. The van der Waals surface area contributed by atoms with Gasteiger partial charge in [0.25, 0.3) is 5.91 Å². The minimum atomic E-state index is 0.177. The van der Waals surface area contributed by atoms with Gasteiger partial charge in [-0.25, -0.2) is 9.97 Å². The Hall–Kier alpha value is -2.41. The number of pyridine rings is 1. The van der Waals surface area contributed by atoms with Crippen LogP contribution in [0.5, 0.6) is 0 Å². The average molecular weight is 424 g/mol. The SMILES string of the molecule is Cc1cc(C(=O)N2CCN(c3nc4cccnc4s3)CC2)c(C)n1C1CCCCC1. The van der Waals surface area contributed by atoms with Gasteiger partial charge in [0.05, 0.1) is 5.56 Å². The summed E-state index contributed by atoms with van der Waals surface area (Å²) in [6.45, 7) is 7.36. The molecule has 1 saturated heterocycles. The molecular formula is C23H29N5OS. The van der Waals surface area contributed by atoms with Crippen LogP contribution in [0.15, 0.2) is 24.4 Å². The second-order valence-corrected chi connectivity index (χ2v) is 9.51. The molecule has 0 atom stereocenters. The van der Waals surface area contributed by atoms with Gasteiger partial charge in [-0.1, -0.05) is 30.6 Å². The van der Waals surface area contributed by atoms with Crippen molar-refractivity contribution >= 4 is 32.7 Å². The van der Waals surface area contributed by atoms with Crippen LogP contribution in [-0.2, 0) is 0 Å². The van der Waals surface area contributed by atoms with E-state index in [1.54, 1.807) is 11.3 Å². The lowest BCUT2D eigenvalue weighted by molar-refractivity contribution is 0.0745. The van der Waals surface area contributed by atoms with Crippen LogP contribution in [0.1, 0.15) is 59.9 Å². The van der Waals surface area contributed by atoms with E-state index in [0.717, 1.165) is 52.9 Å². The smallest absolute Gasteiger partial charge is 0.255 e. The molecule has 0 radical (unpaired) electrons. The maximum Gasteiger partial charge on any atom is 0.255 e. The Morgan fingerprint density at radius 2 is 1.87 bits per heavy atom. The first-order valence-corrected chi connectivity index (χ1v) is 11.9. The van der Waals surface area contributed by atoms with Crippen LogP contribution in [0.3, 0.4) is 0 Å². The minimum Gasteiger partial charge on any atom is -0.345 e. The third-order valence-electron chi connectivity index (χ3n) is 6.65. The highest BCUT2D eigenvalue weighted by molar-refractivity contribution is 7.21. The van der Waals surface area contributed by atoms with Gasteiger partial charge in [0, 0.05) is 49.8 Å². The topological polar surface area (TPSA) is 54.3 Å². The molecule has 1 aliphatic carbocycles. The number of piperazine rings is 1. The Kier molecular flexibility index (Phi) is 5.23. The van der Waals surface area contributed by atoms with Gasteiger partial charge in [0.1, 0.15) is 10.3 Å². The molecular weight excluding hydrogens is 394 g/mol. The summed E-state index contributed by atoms with van der Waals surface area (Å²) in [4.78, 5) is 27.7. The highest BCUT2D eigenvalue weighted by atomic mass is 32.1. The van der Waals surface area contributed by atoms with Crippen molar-refractivity contribution in [1.82, 2.24) is 19.4 Å². The molecule has 1 amide bonds. The summed E-state index contributed by atoms with van der Waals surface area (Å²) in [6.07, 6.45) is 8.23. The zero-order chi connectivity index (χ0) is 20.7. The lowest BCUT2D eigenvalue weighted by Crippen LogP contribution is -2.48. The van der Waals surface area contributed by atoms with Crippen LogP contribution in [0.25, 0.3) is 10.3 Å². The molecule has 3 aromatic heterocycles. The Morgan fingerprint density at radius 3 is 2.60 bits per heavy atom. The van der Waals surface area contributed by atoms with Crippen molar-refractivity contribution in [2.24, 2.45) is 0 Å². The molecule has 0 bridgehead atoms. The summed E-state index contributed by atoms with van der Waals surface area (Å²) in [5.74, 6) is 0.177. The van der Waals surface area contributed by atoms with Crippen molar-refractivity contribution < 1.29 is 4.79 Å². The minimum absolute atomic E-state index is 0.177. The van der Waals surface area contributed by atoms with E-state index >= 15 is 0 Å². The average Bonchev–Trinajstić information content (AvgIpc) is 3.34. The number of hydrogen-bond acceptors (Lipinski definition) is 5. The fourth-order valence-electron chi connectivity index (χ4n) is 5.06. The largest absolute Gasteiger partial charge is 0.345 e. The number of carbonyl (C=O) groups excluding carboxylic acids is 1. The first kappa shape index (κ1) is 19.5. The Balaban J connectivity index is 1.29. The maximum atomic E-state index is 13.3. The third kappa shape index (κ3) is 3.49. The summed E-state index contributed by atoms with van der Waals surface area (Å²) in [5, 5.41) is 1.01. The number of thiazole rings is 1. The standard InChI is InChI=1S/C23H29N5OS/c1-16-15-19(17(2)28(16)18-7-4-3-5-8-18)22(29)26-11-13-27(14-12-26)23-25-20-9-6-10-24-21(20)30-23/h6,9-10,15,18H,3-5,7-8,11-14H2,1-2H3. The molecule has 2 aliphatic rings. The van der Waals surface area contributed by atoms with E-state index in [4.69, 9.17) is 4.98 Å². The number of carbonyl (C=O) groups is 1. The first-order chi connectivity index (χ1) is 14.6. The van der Waals surface area contributed by atoms with Crippen molar-refractivity contribution in [1.29, 1.82) is 0 Å². The predicted molar refractivity (Wildman–Crippen MR) is 122 cm³/mol. The number of aryl methyl sites for hydroxylation is 1. The zero-order valence-electron chi connectivity index (χ0n) is 17.8. The van der Waals surface area contributed by atoms with Crippen molar-refractivity contribution in [3.8, 4) is 0 Å². The summed E-state index contributed by atoms with van der Waals surface area (Å²) < 4.78 is 2.43. The molecule has 3 aromatic rings. The van der Waals surface area contributed by atoms with Crippen LogP contribution < -0.4 is 4.90 Å². The van der Waals surface area contributed by atoms with Crippen LogP contribution in [0, 0.1) is 13.8 Å². The van der Waals surface area contributed by atoms with Crippen molar-refractivity contribution in [3.63, 3.8) is 0 Å². The van der Waals surface area contributed by atoms with E-state index in [1.165, 1.54) is 37.8 Å². The number of fused-ring (bicyclic) bond motifs is 1. The van der Waals surface area contributed by atoms with Gasteiger partial charge in [0.15, 0.2) is 5.13 Å². The van der Waals surface area contributed by atoms with Gasteiger partial charge in [-0.15, -0.1) is 0 Å². The van der Waals surface area contributed by atoms with Crippen LogP contribution in [0.2, 0.25) is 0 Å². The number of amides is 1. The van der Waals surface area contributed by atoms with E-state index in [9.17, 15) is 4.79 Å². The highest BCUT2D eigenvalue weighted by Gasteiger charge is 2.28. The molecule has 2 fully saturated rings. The van der Waals surface area contributed by atoms with E-state index in [-0.39, 0.29) is 5.91 Å². The monoisotopic (exact) mass is 423 g/mol. The molecule has 1 aliphatic heterocycles. The molecule has 0 spiro atoms. The maximum absolute atomic E-state index is 13.3. The van der Waals surface area contributed by atoms with Gasteiger partial charge in [-0.05, 0) is 44.9 Å². The van der Waals surface area contributed by atoms with E-state index < -0.39 is 0 Å². The normalized spacial score (nSPS) is 18.3. The highest BCUT2D eigenvalue weighted by Crippen LogP contribution is 2.33. The number of rotatable bonds is 3. The van der Waals surface area contributed by atoms with E-state index in [2.05, 4.69) is 34.4 Å². The lowest BCUT2D eigenvalue weighted by Gasteiger charge is -2.34. The summed E-state index contributed by atoms with van der Waals surface area (Å²) in [5.41, 5.74) is 4.20. The molecule has 30 heavy (non-hydrogen) atoms. The number of hydrogen-bond donors (Lipinski definition) is 0. The Labute approximate surface area is 181 Å². The van der Waals surface area contributed by atoms with Gasteiger partial charge in [-0.2, -0.15) is 0 Å². The Bertz CT molecular complexity index is 1020. The predicted octanol–water partition coefficient (Wildman–Crippen LogP) is 4.58. The van der Waals surface area contributed by atoms with Crippen LogP contribution in [-0.4, -0.2) is 51.5 Å². The second kappa shape index (κ2) is 8.02. The summed E-state index contributed by atoms with van der Waals surface area (Å²) in [6, 6.07) is 6.60. The van der Waals surface area contributed by atoms with Gasteiger partial charge in [0.2, 0.25) is 0 Å². The van der Waals surface area contributed by atoms with E-state index in [0.29, 0.717) is 6.04 Å². The Morgan fingerprint density at radius 1 is 1.10 bits per heavy atom. The van der Waals surface area contributed by atoms with Gasteiger partial charge < -0.3 is 14.4 Å². The molecule has 0 unspecified atom stereocenters. The molecule has 0 N–H and O–H groups in total. The molecule has 158 valence electrons. The van der Waals surface area contributed by atoms with Gasteiger partial charge in [-0.3, -0.25) is 4.79 Å². The number of aromatic nitrogens is 3. The third-order valence-corrected chi connectivity index (χ3v) is 7.69. The fraction of sp³-hybridized carbons (Fsp3) is 0.522. The van der Waals surface area contributed by atoms with Crippen molar-refractivity contribution in [2.45, 2.75) is 52.0 Å². The van der Waals surface area contributed by atoms with Gasteiger partial charge >= 0.3 is 0 Å². The second-order valence-electron chi connectivity index (χ2n) is 8.55. The quantitative estimate of drug-likeness (QED) is 0.619.